The van der Waals surface area contributed by atoms with Crippen LogP contribution in [-0.2, 0) is 28.6 Å². The molecule has 57 heavy (non-hydrogen) atoms. The summed E-state index contributed by atoms with van der Waals surface area (Å²) in [7, 11) is 5.38. The van der Waals surface area contributed by atoms with E-state index >= 15 is 0 Å². The number of ether oxygens (including phenoxy) is 3. The molecule has 2 unspecified atom stereocenters. The van der Waals surface area contributed by atoms with E-state index in [1.807, 2.05) is 0 Å². The summed E-state index contributed by atoms with van der Waals surface area (Å²) in [6, 6.07) is -0.736. The third-order valence-electron chi connectivity index (χ3n) is 9.57. The van der Waals surface area contributed by atoms with Crippen LogP contribution in [0, 0.1) is 0 Å². The maximum atomic E-state index is 12.7. The van der Waals surface area contributed by atoms with Crippen molar-refractivity contribution in [2.75, 3.05) is 41.0 Å². The van der Waals surface area contributed by atoms with E-state index in [-0.39, 0.29) is 49.1 Å². The zero-order valence-electron chi connectivity index (χ0n) is 37.0. The van der Waals surface area contributed by atoms with Crippen LogP contribution in [0.15, 0.2) is 72.9 Å². The fraction of sp³-hybridized carbons (Fsp3) is 0.694. The van der Waals surface area contributed by atoms with Gasteiger partial charge < -0.3 is 28.6 Å². The lowest BCUT2D eigenvalue weighted by Gasteiger charge is -2.34. The molecule has 0 aromatic carbocycles. The first-order valence-electron chi connectivity index (χ1n) is 22.5. The van der Waals surface area contributed by atoms with Crippen molar-refractivity contribution in [3.63, 3.8) is 0 Å². The Kier molecular flexibility index (Phi) is 37.3. The highest BCUT2D eigenvalue weighted by Gasteiger charge is 2.25. The summed E-state index contributed by atoms with van der Waals surface area (Å²) < 4.78 is 17.1. The number of carboxylic acids is 1. The largest absolute Gasteiger partial charge is 0.544 e. The van der Waals surface area contributed by atoms with Gasteiger partial charge in [-0.25, -0.2) is 0 Å². The molecule has 8 heteroatoms. The molecule has 0 aliphatic heterocycles. The van der Waals surface area contributed by atoms with Crippen molar-refractivity contribution in [3.8, 4) is 0 Å². The summed E-state index contributed by atoms with van der Waals surface area (Å²) in [4.78, 5) is 36.8. The van der Waals surface area contributed by atoms with Crippen LogP contribution in [-0.4, -0.2) is 75.5 Å². The second-order valence-electron chi connectivity index (χ2n) is 15.9. The predicted molar refractivity (Wildman–Crippen MR) is 235 cm³/mol. The van der Waals surface area contributed by atoms with Crippen LogP contribution in [0.5, 0.6) is 0 Å². The highest BCUT2D eigenvalue weighted by molar-refractivity contribution is 5.70. The van der Waals surface area contributed by atoms with Crippen LogP contribution < -0.4 is 5.11 Å². The normalized spacial score (nSPS) is 13.6. The monoisotopic (exact) mass is 798 g/mol. The van der Waals surface area contributed by atoms with E-state index in [2.05, 4.69) is 86.8 Å². The Bertz CT molecular complexity index is 1160. The topological polar surface area (TPSA) is 102 Å². The van der Waals surface area contributed by atoms with Crippen LogP contribution in [0.25, 0.3) is 0 Å². The lowest BCUT2D eigenvalue weighted by Crippen LogP contribution is -2.55. The smallest absolute Gasteiger partial charge is 0.306 e. The number of allylic oxidation sites excluding steroid dienone is 12. The van der Waals surface area contributed by atoms with Crippen molar-refractivity contribution in [1.29, 1.82) is 0 Å². The number of hydrogen-bond acceptors (Lipinski definition) is 7. The Morgan fingerprint density at radius 3 is 1.42 bits per heavy atom. The maximum absolute atomic E-state index is 12.7. The standard InChI is InChI=1S/C49H83NO7/c1-6-8-10-12-14-16-18-20-21-22-23-24-25-26-27-28-30-31-33-35-37-39-47(51)56-44-45(43-55-42-41-46(49(53)54)50(3,4)5)57-48(52)40-38-36-34-32-29-19-17-15-13-11-9-7-2/h14-17,20-21,23-24,26-27,30-31,45-46H,6-13,18-19,22,25,28-29,32-44H2,1-5H3/b16-14+,17-15+,21-20+,24-23+,27-26+,31-30+. The van der Waals surface area contributed by atoms with Gasteiger partial charge >= 0.3 is 11.9 Å². The van der Waals surface area contributed by atoms with Gasteiger partial charge in [0.15, 0.2) is 6.10 Å². The average molecular weight is 798 g/mol. The number of likely N-dealkylation sites (N-methyl/N-ethyl adjacent to an activating group) is 1. The first kappa shape index (κ1) is 53.8. The lowest BCUT2D eigenvalue weighted by molar-refractivity contribution is -0.889. The summed E-state index contributed by atoms with van der Waals surface area (Å²) in [6.07, 6.45) is 49.3. The molecule has 0 aliphatic rings. The fourth-order valence-electron chi connectivity index (χ4n) is 6.02. The molecule has 0 amide bonds. The number of aliphatic carboxylic acids is 1. The molecule has 2 atom stereocenters. The number of rotatable bonds is 39. The average Bonchev–Trinajstić information content (AvgIpc) is 3.17. The first-order valence-corrected chi connectivity index (χ1v) is 22.5. The minimum atomic E-state index is -1.14. The molecule has 0 aromatic heterocycles. The van der Waals surface area contributed by atoms with Gasteiger partial charge in [0, 0.05) is 19.3 Å². The molecule has 0 N–H and O–H groups in total. The number of unbranched alkanes of at least 4 members (excludes halogenated alkanes) is 13. The molecule has 0 fully saturated rings. The van der Waals surface area contributed by atoms with Gasteiger partial charge in [0.2, 0.25) is 0 Å². The Morgan fingerprint density at radius 1 is 0.526 bits per heavy atom. The number of hydrogen-bond donors (Lipinski definition) is 0. The summed E-state index contributed by atoms with van der Waals surface area (Å²) in [5.74, 6) is -1.81. The molecule has 0 saturated carbocycles. The summed E-state index contributed by atoms with van der Waals surface area (Å²) in [6.45, 7) is 4.54. The van der Waals surface area contributed by atoms with Gasteiger partial charge in [-0.3, -0.25) is 9.59 Å². The summed E-state index contributed by atoms with van der Waals surface area (Å²) in [5.41, 5.74) is 0. The van der Waals surface area contributed by atoms with E-state index in [0.717, 1.165) is 77.0 Å². The highest BCUT2D eigenvalue weighted by atomic mass is 16.6. The number of quaternary nitrogens is 1. The quantitative estimate of drug-likeness (QED) is 0.0264. The van der Waals surface area contributed by atoms with Crippen molar-refractivity contribution in [2.24, 2.45) is 0 Å². The molecule has 0 spiro atoms. The highest BCUT2D eigenvalue weighted by Crippen LogP contribution is 2.12. The second kappa shape index (κ2) is 39.6. The van der Waals surface area contributed by atoms with Crippen molar-refractivity contribution >= 4 is 17.9 Å². The molecule has 0 aliphatic carbocycles. The minimum absolute atomic E-state index is 0.0200. The van der Waals surface area contributed by atoms with Gasteiger partial charge in [-0.1, -0.05) is 132 Å². The minimum Gasteiger partial charge on any atom is -0.544 e. The molecule has 326 valence electrons. The molecule has 0 aromatic rings. The molecule has 0 bridgehead atoms. The number of carbonyl (C=O) groups is 3. The fourth-order valence-corrected chi connectivity index (χ4v) is 6.02. The van der Waals surface area contributed by atoms with Crippen LogP contribution >= 0.6 is 0 Å². The predicted octanol–water partition coefficient (Wildman–Crippen LogP) is 11.0. The SMILES string of the molecule is CCCCC/C=C/C/C=C/C/C=C/C/C=C/C/C=C/CCCCC(=O)OCC(COCCC(C(=O)[O-])[N+](C)(C)C)OC(=O)CCCCCCC/C=C/CCCCC. The van der Waals surface area contributed by atoms with Gasteiger partial charge in [0.1, 0.15) is 12.6 Å². The second-order valence-corrected chi connectivity index (χ2v) is 15.9. The van der Waals surface area contributed by atoms with Crippen LogP contribution in [0.3, 0.4) is 0 Å². The van der Waals surface area contributed by atoms with Gasteiger partial charge in [-0.05, 0) is 89.9 Å². The third kappa shape index (κ3) is 38.1. The van der Waals surface area contributed by atoms with E-state index in [0.29, 0.717) is 12.8 Å². The Morgan fingerprint density at radius 2 is 0.930 bits per heavy atom. The Hall–Kier alpha value is -3.23. The van der Waals surface area contributed by atoms with E-state index < -0.39 is 18.1 Å². The van der Waals surface area contributed by atoms with Gasteiger partial charge in [-0.2, -0.15) is 0 Å². The molecule has 0 radical (unpaired) electrons. The summed E-state index contributed by atoms with van der Waals surface area (Å²) in [5, 5.41) is 11.6. The van der Waals surface area contributed by atoms with Crippen molar-refractivity contribution in [1.82, 2.24) is 0 Å². The molecule has 0 rings (SSSR count). The first-order chi connectivity index (χ1) is 27.6. The van der Waals surface area contributed by atoms with Crippen LogP contribution in [0.2, 0.25) is 0 Å². The van der Waals surface area contributed by atoms with E-state index in [1.54, 1.807) is 21.1 Å². The lowest BCUT2D eigenvalue weighted by atomic mass is 10.1. The number of carbonyl (C=O) groups excluding carboxylic acids is 3. The zero-order chi connectivity index (χ0) is 42.1. The van der Waals surface area contributed by atoms with E-state index in [1.165, 1.54) is 51.4 Å². The number of nitrogens with zero attached hydrogens (tertiary/aromatic N) is 1. The third-order valence-corrected chi connectivity index (χ3v) is 9.57. The molecule has 8 nitrogen and oxygen atoms in total. The Balaban J connectivity index is 4.41. The van der Waals surface area contributed by atoms with Crippen molar-refractivity contribution < 1.29 is 38.2 Å². The van der Waals surface area contributed by atoms with Crippen LogP contribution in [0.1, 0.15) is 168 Å². The maximum Gasteiger partial charge on any atom is 0.306 e. The van der Waals surface area contributed by atoms with Gasteiger partial charge in [0.25, 0.3) is 0 Å². The van der Waals surface area contributed by atoms with Gasteiger partial charge in [-0.15, -0.1) is 0 Å². The number of esters is 2. The Labute approximate surface area is 349 Å². The zero-order valence-corrected chi connectivity index (χ0v) is 37.0. The molecule has 0 heterocycles. The number of carboxylic acid groups (broad SMARTS) is 1. The molecular weight excluding hydrogens is 715 g/mol. The van der Waals surface area contributed by atoms with E-state index in [9.17, 15) is 19.5 Å². The van der Waals surface area contributed by atoms with Gasteiger partial charge in [0.05, 0.1) is 40.3 Å². The van der Waals surface area contributed by atoms with Crippen molar-refractivity contribution in [3.05, 3.63) is 72.9 Å². The van der Waals surface area contributed by atoms with E-state index in [4.69, 9.17) is 14.2 Å². The molecular formula is C49H83NO7. The van der Waals surface area contributed by atoms with Crippen LogP contribution in [0.4, 0.5) is 0 Å². The summed E-state index contributed by atoms with van der Waals surface area (Å²) >= 11 is 0. The van der Waals surface area contributed by atoms with Crippen molar-refractivity contribution in [2.45, 2.75) is 180 Å². The molecule has 0 saturated heterocycles.